The van der Waals surface area contributed by atoms with Crippen LogP contribution in [0.1, 0.15) is 20.8 Å². The lowest BCUT2D eigenvalue weighted by Gasteiger charge is -2.43. The van der Waals surface area contributed by atoms with Crippen molar-refractivity contribution < 1.29 is 92.3 Å². The molecule has 0 radical (unpaired) electrons. The van der Waals surface area contributed by atoms with Gasteiger partial charge in [0.1, 0.15) is 0 Å². The van der Waals surface area contributed by atoms with Gasteiger partial charge < -0.3 is 13.3 Å². The van der Waals surface area contributed by atoms with Crippen molar-refractivity contribution >= 4 is 9.05 Å². The van der Waals surface area contributed by atoms with Gasteiger partial charge in [-0.25, -0.2) is 0 Å². The first-order chi connectivity index (χ1) is 15.6. The molecule has 0 rings (SSSR count). The van der Waals surface area contributed by atoms with Gasteiger partial charge in [-0.2, -0.15) is 74.6 Å². The third-order valence-electron chi connectivity index (χ3n) is 3.91. The van der Waals surface area contributed by atoms with Gasteiger partial charge in [0, 0.05) is 19.8 Å². The summed E-state index contributed by atoms with van der Waals surface area (Å²) in [6.45, 7) is 0.259. The maximum Gasteiger partial charge on any atom is 0.684 e. The van der Waals surface area contributed by atoms with E-state index >= 15 is 0 Å². The Kier molecular flexibility index (Phi) is 9.89. The van der Waals surface area contributed by atoms with E-state index < -0.39 is 76.7 Å². The van der Waals surface area contributed by atoms with Crippen molar-refractivity contribution in [2.24, 2.45) is 0 Å². The first kappa shape index (κ1) is 34.9. The summed E-state index contributed by atoms with van der Waals surface area (Å²) in [4.78, 5) is 0. The van der Waals surface area contributed by atoms with E-state index in [9.17, 15) is 74.6 Å². The van der Waals surface area contributed by atoms with Gasteiger partial charge in [0.25, 0.3) is 0 Å². The molecule has 0 spiro atoms. The number of halogens is 17. The first-order valence-electron chi connectivity index (χ1n) is 8.97. The third-order valence-corrected chi connectivity index (χ3v) is 6.34. The minimum Gasteiger partial charge on any atom is -0.351 e. The Bertz CT molecular complexity index is 722. The topological polar surface area (TPSA) is 36.9 Å². The fourth-order valence-electron chi connectivity index (χ4n) is 2.11. The lowest BCUT2D eigenvalue weighted by Crippen LogP contribution is -2.75. The quantitative estimate of drug-likeness (QED) is 0.169. The summed E-state index contributed by atoms with van der Waals surface area (Å²) in [5, 5.41) is 0. The SMILES string of the molecule is CCO[Si](OCC)(OCC)OC(F)(F)C(F)(F)C(F)(F)C(F)(F)C(F)(F)C(F)(F)C(F)(F)C(F)(F)F. The highest BCUT2D eigenvalue weighted by molar-refractivity contribution is 6.53. The second-order valence-corrected chi connectivity index (χ2v) is 8.43. The fraction of sp³-hybridized carbons (Fsp3) is 1.00. The zero-order valence-electron chi connectivity index (χ0n) is 17.7. The van der Waals surface area contributed by atoms with Gasteiger partial charge in [-0.3, -0.25) is 4.43 Å². The standard InChI is InChI=1S/C14H15F17O4Si/c1-4-32-36(33-5-2,34-6-3)35-14(30,31)12(25,26)10(21,22)8(17,18)7(15,16)9(19,20)11(23,24)13(27,28)29/h4-6H2,1-3H3. The zero-order valence-corrected chi connectivity index (χ0v) is 18.7. The number of alkyl halides is 17. The van der Waals surface area contributed by atoms with Crippen molar-refractivity contribution in [3.8, 4) is 0 Å². The second kappa shape index (κ2) is 10.2. The maximum atomic E-state index is 14.0. The van der Waals surface area contributed by atoms with Crippen LogP contribution in [0.5, 0.6) is 0 Å². The molecule has 0 N–H and O–H groups in total. The lowest BCUT2D eigenvalue weighted by molar-refractivity contribution is -0.474. The van der Waals surface area contributed by atoms with Crippen molar-refractivity contribution in [1.82, 2.24) is 0 Å². The van der Waals surface area contributed by atoms with E-state index in [-0.39, 0.29) is 0 Å². The molecular weight excluding hydrogens is 583 g/mol. The molecular formula is C14H15F17O4Si. The molecule has 0 aliphatic heterocycles. The van der Waals surface area contributed by atoms with E-state index in [1.807, 2.05) is 0 Å². The van der Waals surface area contributed by atoms with E-state index in [2.05, 4.69) is 17.7 Å². The molecule has 0 heterocycles. The minimum absolute atomic E-state index is 0.836. The molecule has 0 saturated carbocycles. The normalized spacial score (nSPS) is 16.0. The molecule has 0 bridgehead atoms. The summed E-state index contributed by atoms with van der Waals surface area (Å²) in [7, 11) is -5.73. The zero-order chi connectivity index (χ0) is 29.4. The Morgan fingerprint density at radius 2 is 0.667 bits per heavy atom. The minimum atomic E-state index is -8.73. The van der Waals surface area contributed by atoms with E-state index in [0.717, 1.165) is 20.8 Å². The average molecular weight is 598 g/mol. The molecule has 0 atom stereocenters. The van der Waals surface area contributed by atoms with Crippen LogP contribution in [-0.2, 0) is 17.7 Å². The van der Waals surface area contributed by atoms with Crippen LogP contribution in [0, 0.1) is 0 Å². The Morgan fingerprint density at radius 1 is 0.417 bits per heavy atom. The van der Waals surface area contributed by atoms with Gasteiger partial charge in [-0.1, -0.05) is 0 Å². The number of rotatable bonds is 14. The van der Waals surface area contributed by atoms with Crippen molar-refractivity contribution in [2.75, 3.05) is 19.8 Å². The van der Waals surface area contributed by atoms with Crippen LogP contribution in [0.15, 0.2) is 0 Å². The highest BCUT2D eigenvalue weighted by Crippen LogP contribution is 2.64. The first-order valence-corrected chi connectivity index (χ1v) is 10.6. The Morgan fingerprint density at radius 3 is 0.917 bits per heavy atom. The summed E-state index contributed by atoms with van der Waals surface area (Å²) >= 11 is 0. The van der Waals surface area contributed by atoms with Gasteiger partial charge in [0.2, 0.25) is 0 Å². The number of hydrogen-bond donors (Lipinski definition) is 0. The van der Waals surface area contributed by atoms with Crippen LogP contribution >= 0.6 is 0 Å². The summed E-state index contributed by atoms with van der Waals surface area (Å²) < 4.78 is 242. The molecule has 0 aromatic carbocycles. The van der Waals surface area contributed by atoms with E-state index in [1.165, 1.54) is 0 Å². The molecule has 0 aromatic rings. The Balaban J connectivity index is 6.82. The smallest absolute Gasteiger partial charge is 0.351 e. The summed E-state index contributed by atoms with van der Waals surface area (Å²) in [6, 6.07) is 0. The van der Waals surface area contributed by atoms with Crippen LogP contribution < -0.4 is 0 Å². The van der Waals surface area contributed by atoms with E-state index in [4.69, 9.17) is 0 Å². The van der Waals surface area contributed by atoms with Gasteiger partial charge in [0.15, 0.2) is 0 Å². The third kappa shape index (κ3) is 5.23. The highest BCUT2D eigenvalue weighted by Gasteiger charge is 2.95. The molecule has 0 aliphatic rings. The molecule has 0 aromatic heterocycles. The Hall–Kier alpha value is -1.13. The number of hydrogen-bond acceptors (Lipinski definition) is 4. The molecule has 0 saturated heterocycles. The monoisotopic (exact) mass is 598 g/mol. The molecule has 0 unspecified atom stereocenters. The lowest BCUT2D eigenvalue weighted by atomic mass is 9.91. The molecule has 218 valence electrons. The largest absolute Gasteiger partial charge is 0.684 e. The second-order valence-electron chi connectivity index (χ2n) is 6.36. The molecule has 0 amide bonds. The fourth-order valence-corrected chi connectivity index (χ4v) is 4.04. The maximum absolute atomic E-state index is 14.0. The average Bonchev–Trinajstić information content (AvgIpc) is 2.66. The predicted molar refractivity (Wildman–Crippen MR) is 82.4 cm³/mol. The van der Waals surface area contributed by atoms with Crippen molar-refractivity contribution in [3.63, 3.8) is 0 Å². The van der Waals surface area contributed by atoms with Gasteiger partial charge in [-0.05, 0) is 20.8 Å². The van der Waals surface area contributed by atoms with Crippen LogP contribution in [0.2, 0.25) is 0 Å². The molecule has 36 heavy (non-hydrogen) atoms. The van der Waals surface area contributed by atoms with E-state index in [0.29, 0.717) is 0 Å². The van der Waals surface area contributed by atoms with E-state index in [1.54, 1.807) is 0 Å². The molecule has 22 heteroatoms. The molecule has 0 fully saturated rings. The van der Waals surface area contributed by atoms with Crippen molar-refractivity contribution in [3.05, 3.63) is 0 Å². The summed E-state index contributed by atoms with van der Waals surface area (Å²) in [5.74, 6) is -50.8. The summed E-state index contributed by atoms with van der Waals surface area (Å²) in [6.07, 6.45) is -15.0. The molecule has 0 aliphatic carbocycles. The van der Waals surface area contributed by atoms with Crippen molar-refractivity contribution in [2.45, 2.75) is 68.6 Å². The van der Waals surface area contributed by atoms with Gasteiger partial charge >= 0.3 is 56.9 Å². The predicted octanol–water partition coefficient (Wildman–Crippen LogP) is 6.52. The van der Waals surface area contributed by atoms with Crippen LogP contribution in [-0.4, -0.2) is 76.7 Å². The molecule has 4 nitrogen and oxygen atoms in total. The van der Waals surface area contributed by atoms with Gasteiger partial charge in [0.05, 0.1) is 0 Å². The van der Waals surface area contributed by atoms with Crippen LogP contribution in [0.3, 0.4) is 0 Å². The highest BCUT2D eigenvalue weighted by atomic mass is 28.4. The summed E-state index contributed by atoms with van der Waals surface area (Å²) in [5.41, 5.74) is 0. The van der Waals surface area contributed by atoms with Crippen LogP contribution in [0.25, 0.3) is 0 Å². The van der Waals surface area contributed by atoms with Crippen molar-refractivity contribution in [1.29, 1.82) is 0 Å². The van der Waals surface area contributed by atoms with Gasteiger partial charge in [-0.15, -0.1) is 0 Å². The Labute approximate surface area is 191 Å². The van der Waals surface area contributed by atoms with Crippen LogP contribution in [0.4, 0.5) is 74.6 Å².